The smallest absolute Gasteiger partial charge is 0.251 e. The lowest BCUT2D eigenvalue weighted by molar-refractivity contribution is 0.0937. The molecule has 2 aliphatic heterocycles. The van der Waals surface area contributed by atoms with E-state index in [9.17, 15) is 13.2 Å². The summed E-state index contributed by atoms with van der Waals surface area (Å²) in [4.78, 5) is 15.6. The predicted octanol–water partition coefficient (Wildman–Crippen LogP) is 3.83. The Bertz CT molecular complexity index is 1060. The van der Waals surface area contributed by atoms with Gasteiger partial charge in [0.25, 0.3) is 5.91 Å². The van der Waals surface area contributed by atoms with Crippen LogP contribution >= 0.6 is 0 Å². The van der Waals surface area contributed by atoms with Gasteiger partial charge in [-0.1, -0.05) is 31.0 Å². The van der Waals surface area contributed by atoms with Crippen molar-refractivity contribution in [2.45, 2.75) is 49.5 Å². The zero-order valence-electron chi connectivity index (χ0n) is 19.9. The van der Waals surface area contributed by atoms with Crippen molar-refractivity contribution >= 4 is 15.9 Å². The first-order valence-corrected chi connectivity index (χ1v) is 13.7. The van der Waals surface area contributed by atoms with Crippen molar-refractivity contribution in [3.63, 3.8) is 0 Å². The van der Waals surface area contributed by atoms with Crippen LogP contribution in [0.5, 0.6) is 5.75 Å². The molecule has 184 valence electrons. The van der Waals surface area contributed by atoms with Crippen molar-refractivity contribution in [3.05, 3.63) is 59.7 Å². The van der Waals surface area contributed by atoms with E-state index in [1.54, 1.807) is 29.6 Å². The number of sulfonamides is 1. The van der Waals surface area contributed by atoms with Crippen molar-refractivity contribution in [2.75, 3.05) is 39.8 Å². The molecular formula is C26H35N3O4S. The summed E-state index contributed by atoms with van der Waals surface area (Å²) in [6.45, 7) is 3.52. The van der Waals surface area contributed by atoms with Crippen LogP contribution in [0, 0.1) is 0 Å². The van der Waals surface area contributed by atoms with E-state index >= 15 is 0 Å². The first-order valence-electron chi connectivity index (χ1n) is 12.3. The molecule has 1 atom stereocenters. The van der Waals surface area contributed by atoms with Crippen LogP contribution in [0.3, 0.4) is 0 Å². The number of hydrogen-bond donors (Lipinski definition) is 1. The number of benzene rings is 2. The highest BCUT2D eigenvalue weighted by Gasteiger charge is 2.27. The summed E-state index contributed by atoms with van der Waals surface area (Å²) < 4.78 is 33.2. The van der Waals surface area contributed by atoms with E-state index in [0.717, 1.165) is 62.9 Å². The summed E-state index contributed by atoms with van der Waals surface area (Å²) in [6, 6.07) is 14.5. The average molecular weight is 486 g/mol. The zero-order valence-corrected chi connectivity index (χ0v) is 20.7. The molecule has 34 heavy (non-hydrogen) atoms. The first-order chi connectivity index (χ1) is 16.5. The Balaban J connectivity index is 1.47. The van der Waals surface area contributed by atoms with Crippen LogP contribution in [0.15, 0.2) is 53.4 Å². The van der Waals surface area contributed by atoms with Crippen molar-refractivity contribution < 1.29 is 17.9 Å². The standard InChI is InChI=1S/C26H35N3O4S/c1-33-23-13-11-21(12-14-23)25(28-15-6-7-16-28)20-27-26(30)22-9-8-10-24(19-22)34(31,32)29-17-4-2-3-5-18-29/h8-14,19,25H,2-7,15-18,20H2,1H3,(H,27,30)/t25-/m0/s1. The summed E-state index contributed by atoms with van der Waals surface area (Å²) in [5, 5.41) is 3.05. The van der Waals surface area contributed by atoms with Crippen LogP contribution in [0.1, 0.15) is 60.5 Å². The number of methoxy groups -OCH3 is 1. The van der Waals surface area contributed by atoms with Gasteiger partial charge < -0.3 is 10.1 Å². The largest absolute Gasteiger partial charge is 0.497 e. The molecule has 8 heteroatoms. The molecule has 2 aliphatic rings. The zero-order chi connectivity index (χ0) is 24.0. The molecule has 0 bridgehead atoms. The molecule has 2 aromatic carbocycles. The lowest BCUT2D eigenvalue weighted by Crippen LogP contribution is -2.37. The Morgan fingerprint density at radius 1 is 0.941 bits per heavy atom. The molecule has 0 spiro atoms. The van der Waals surface area contributed by atoms with Crippen molar-refractivity contribution in [2.24, 2.45) is 0 Å². The fraction of sp³-hybridized carbons (Fsp3) is 0.500. The number of carbonyl (C=O) groups is 1. The van der Waals surface area contributed by atoms with Crippen molar-refractivity contribution in [1.82, 2.24) is 14.5 Å². The Morgan fingerprint density at radius 2 is 1.59 bits per heavy atom. The van der Waals surface area contributed by atoms with E-state index < -0.39 is 10.0 Å². The third-order valence-electron chi connectivity index (χ3n) is 6.84. The maximum atomic E-state index is 13.2. The third-order valence-corrected chi connectivity index (χ3v) is 8.73. The molecule has 7 nitrogen and oxygen atoms in total. The molecule has 0 radical (unpaired) electrons. The van der Waals surface area contributed by atoms with E-state index in [4.69, 9.17) is 4.74 Å². The van der Waals surface area contributed by atoms with Gasteiger partial charge in [-0.15, -0.1) is 0 Å². The highest BCUT2D eigenvalue weighted by atomic mass is 32.2. The fourth-order valence-electron chi connectivity index (χ4n) is 4.86. The molecular weight excluding hydrogens is 450 g/mol. The van der Waals surface area contributed by atoms with Gasteiger partial charge in [-0.05, 0) is 74.7 Å². The Labute approximate surface area is 203 Å². The topological polar surface area (TPSA) is 78.9 Å². The molecule has 1 amide bonds. The van der Waals surface area contributed by atoms with Gasteiger partial charge in [-0.25, -0.2) is 8.42 Å². The Kier molecular flexibility index (Phi) is 8.24. The summed E-state index contributed by atoms with van der Waals surface area (Å²) in [5.41, 5.74) is 1.49. The second kappa shape index (κ2) is 11.3. The highest BCUT2D eigenvalue weighted by Crippen LogP contribution is 2.27. The lowest BCUT2D eigenvalue weighted by Gasteiger charge is -2.28. The first kappa shape index (κ1) is 24.7. The van der Waals surface area contributed by atoms with Gasteiger partial charge >= 0.3 is 0 Å². The van der Waals surface area contributed by atoms with Crippen LogP contribution in [-0.4, -0.2) is 63.4 Å². The van der Waals surface area contributed by atoms with Gasteiger partial charge in [0.1, 0.15) is 5.75 Å². The highest BCUT2D eigenvalue weighted by molar-refractivity contribution is 7.89. The molecule has 2 fully saturated rings. The molecule has 2 saturated heterocycles. The van der Waals surface area contributed by atoms with E-state index in [1.807, 2.05) is 24.3 Å². The number of nitrogens with zero attached hydrogens (tertiary/aromatic N) is 2. The fourth-order valence-corrected chi connectivity index (χ4v) is 6.42. The number of amides is 1. The number of rotatable bonds is 8. The van der Waals surface area contributed by atoms with E-state index in [2.05, 4.69) is 10.2 Å². The number of likely N-dealkylation sites (tertiary alicyclic amines) is 1. The molecule has 4 rings (SSSR count). The quantitative estimate of drug-likeness (QED) is 0.615. The minimum absolute atomic E-state index is 0.0568. The van der Waals surface area contributed by atoms with E-state index in [0.29, 0.717) is 25.2 Å². The number of nitrogens with one attached hydrogen (secondary N) is 1. The molecule has 0 saturated carbocycles. The number of carbonyl (C=O) groups excluding carboxylic acids is 1. The van der Waals surface area contributed by atoms with Crippen LogP contribution in [0.25, 0.3) is 0 Å². The second-order valence-corrected chi connectivity index (χ2v) is 11.0. The molecule has 0 aromatic heterocycles. The second-order valence-electron chi connectivity index (χ2n) is 9.09. The molecule has 2 aromatic rings. The van der Waals surface area contributed by atoms with Gasteiger partial charge in [-0.2, -0.15) is 4.31 Å². The molecule has 0 unspecified atom stereocenters. The van der Waals surface area contributed by atoms with Crippen LogP contribution in [0.4, 0.5) is 0 Å². The van der Waals surface area contributed by atoms with Gasteiger partial charge in [0.15, 0.2) is 0 Å². The van der Waals surface area contributed by atoms with Gasteiger partial charge in [0, 0.05) is 25.2 Å². The normalized spacial score (nSPS) is 18.9. The number of hydrogen-bond acceptors (Lipinski definition) is 5. The van der Waals surface area contributed by atoms with Gasteiger partial charge in [0.2, 0.25) is 10.0 Å². The monoisotopic (exact) mass is 485 g/mol. The van der Waals surface area contributed by atoms with Gasteiger partial charge in [0.05, 0.1) is 18.0 Å². The lowest BCUT2D eigenvalue weighted by atomic mass is 10.0. The Morgan fingerprint density at radius 3 is 2.24 bits per heavy atom. The van der Waals surface area contributed by atoms with Crippen LogP contribution in [-0.2, 0) is 10.0 Å². The minimum atomic E-state index is -3.60. The third kappa shape index (κ3) is 5.79. The van der Waals surface area contributed by atoms with E-state index in [-0.39, 0.29) is 16.8 Å². The maximum absolute atomic E-state index is 13.2. The molecule has 2 heterocycles. The minimum Gasteiger partial charge on any atom is -0.497 e. The van der Waals surface area contributed by atoms with Crippen molar-refractivity contribution in [1.29, 1.82) is 0 Å². The van der Waals surface area contributed by atoms with Crippen molar-refractivity contribution in [3.8, 4) is 5.75 Å². The summed E-state index contributed by atoms with van der Waals surface area (Å²) in [6.07, 6.45) is 6.17. The Hall–Kier alpha value is -2.42. The van der Waals surface area contributed by atoms with Gasteiger partial charge in [-0.3, -0.25) is 9.69 Å². The van der Waals surface area contributed by atoms with Crippen LogP contribution in [0.2, 0.25) is 0 Å². The summed E-state index contributed by atoms with van der Waals surface area (Å²) >= 11 is 0. The molecule has 1 N–H and O–H groups in total. The molecule has 0 aliphatic carbocycles. The SMILES string of the molecule is COc1ccc([C@H](CNC(=O)c2cccc(S(=O)(=O)N3CCCCCC3)c2)N2CCCC2)cc1. The summed E-state index contributed by atoms with van der Waals surface area (Å²) in [5.74, 6) is 0.543. The average Bonchev–Trinajstić information content (AvgIpc) is 3.25. The number of ether oxygens (including phenoxy) is 1. The maximum Gasteiger partial charge on any atom is 0.251 e. The van der Waals surface area contributed by atoms with Crippen LogP contribution < -0.4 is 10.1 Å². The summed E-state index contributed by atoms with van der Waals surface area (Å²) in [7, 11) is -1.95. The predicted molar refractivity (Wildman–Crippen MR) is 133 cm³/mol. The van der Waals surface area contributed by atoms with E-state index in [1.165, 1.54) is 6.07 Å².